The van der Waals surface area contributed by atoms with E-state index >= 15 is 4.79 Å². The summed E-state index contributed by atoms with van der Waals surface area (Å²) in [6, 6.07) is 23.9. The predicted octanol–water partition coefficient (Wildman–Crippen LogP) is 3.30. The summed E-state index contributed by atoms with van der Waals surface area (Å²) >= 11 is 0. The van der Waals surface area contributed by atoms with Crippen LogP contribution in [0.4, 0.5) is 0 Å². The molecule has 4 N–H and O–H groups in total. The minimum absolute atomic E-state index is 0.101. The lowest BCUT2D eigenvalue weighted by atomic mass is 9.49. The molecule has 3 aromatic rings. The molecule has 4 aliphatic rings. The number of aliphatic hydroxyl groups excluding tert-OH is 2. The second kappa shape index (κ2) is 15.4. The maximum absolute atomic E-state index is 15.2. The molecule has 2 amide bonds. The Morgan fingerprint density at radius 2 is 1.49 bits per heavy atom. The van der Waals surface area contributed by atoms with Crippen molar-refractivity contribution in [2.75, 3.05) is 20.2 Å². The van der Waals surface area contributed by atoms with E-state index in [1.807, 2.05) is 0 Å². The molecule has 1 saturated carbocycles. The topological polar surface area (TPSA) is 198 Å². The van der Waals surface area contributed by atoms with Crippen LogP contribution in [0.3, 0.4) is 0 Å². The molecule has 59 heavy (non-hydrogen) atoms. The maximum atomic E-state index is 15.2. The second-order valence-electron chi connectivity index (χ2n) is 16.8. The average Bonchev–Trinajstić information content (AvgIpc) is 3.40. The SMILES string of the molecule is CC(=O)O[C@@]12CO[C@@H]1C[C@H](O)[C@@]1(C)C(=O)[C@@H]3O[C@](O)(C(OC(=O)c4ccccc4)C12)C(C)(C)/C3=C(/C)CN(C)C(=O)[C@H](O)[C@@H](NC(=O)c1ccccc1)c1ccccc1. The summed E-state index contributed by atoms with van der Waals surface area (Å²) < 4.78 is 24.5. The molecule has 14 heteroatoms. The molecule has 10 atom stereocenters. The standard InChI is InChI=1S/C45H50N2O12/c1-25(23-47(6)40(53)34(50)33(27-16-10-7-11-17-27)46-39(52)28-18-12-8-13-19-28)32-35-37(51)43(5)30(49)22-31-44(24-56-31,58-26(2)48)36(43)38(45(55,59-35)42(32,3)4)57-41(54)29-20-14-9-15-21-29/h7-21,30-31,33-36,38,49-50,55H,22-24H2,1-6H3,(H,46,52)/b32-25-/t30-,31+,33-,34+,35+,36?,38?,43+,44-,45+/m0/s1. The number of carbonyl (C=O) groups excluding carboxylic acids is 5. The van der Waals surface area contributed by atoms with Crippen LogP contribution in [0.2, 0.25) is 0 Å². The van der Waals surface area contributed by atoms with Crippen LogP contribution in [0.25, 0.3) is 0 Å². The number of esters is 2. The van der Waals surface area contributed by atoms with Crippen molar-refractivity contribution in [2.45, 2.75) is 89.0 Å². The Labute approximate surface area is 342 Å². The number of benzene rings is 3. The molecule has 0 spiro atoms. The summed E-state index contributed by atoms with van der Waals surface area (Å²) in [6.07, 6.45) is -7.37. The number of amides is 2. The fraction of sp³-hybridized carbons (Fsp3) is 0.444. The van der Waals surface area contributed by atoms with Gasteiger partial charge in [0.2, 0.25) is 5.79 Å². The van der Waals surface area contributed by atoms with Gasteiger partial charge in [0, 0.05) is 37.9 Å². The normalized spacial score (nSPS) is 32.2. The summed E-state index contributed by atoms with van der Waals surface area (Å²) in [5, 5.41) is 39.3. The van der Waals surface area contributed by atoms with E-state index in [9.17, 15) is 34.5 Å². The van der Waals surface area contributed by atoms with Gasteiger partial charge in [0.25, 0.3) is 11.8 Å². The Balaban J connectivity index is 1.27. The number of nitrogens with one attached hydrogen (secondary N) is 1. The quantitative estimate of drug-likeness (QED) is 0.173. The number of aliphatic hydroxyl groups is 3. The van der Waals surface area contributed by atoms with Gasteiger partial charge in [0.15, 0.2) is 23.6 Å². The number of hydrogen-bond acceptors (Lipinski definition) is 12. The third kappa shape index (κ3) is 6.76. The molecule has 14 nitrogen and oxygen atoms in total. The van der Waals surface area contributed by atoms with Gasteiger partial charge in [-0.15, -0.1) is 0 Å². The highest BCUT2D eigenvalue weighted by Crippen LogP contribution is 2.65. The molecule has 312 valence electrons. The number of ether oxygens (including phenoxy) is 4. The zero-order valence-electron chi connectivity index (χ0n) is 33.8. The third-order valence-corrected chi connectivity index (χ3v) is 12.9. The molecule has 3 saturated heterocycles. The summed E-state index contributed by atoms with van der Waals surface area (Å²) in [5.74, 6) is -7.25. The molecular formula is C45H50N2O12. The van der Waals surface area contributed by atoms with Crippen LogP contribution in [0.15, 0.2) is 102 Å². The molecule has 0 radical (unpaired) electrons. The van der Waals surface area contributed by atoms with Crippen molar-refractivity contribution in [3.8, 4) is 0 Å². The molecule has 0 aromatic heterocycles. The summed E-state index contributed by atoms with van der Waals surface area (Å²) in [5.41, 5.74) is -3.29. The van der Waals surface area contributed by atoms with Gasteiger partial charge in [-0.25, -0.2) is 4.79 Å². The first-order valence-electron chi connectivity index (χ1n) is 19.6. The highest BCUT2D eigenvalue weighted by atomic mass is 16.7. The minimum atomic E-state index is -2.47. The van der Waals surface area contributed by atoms with Crippen molar-refractivity contribution in [3.05, 3.63) is 119 Å². The summed E-state index contributed by atoms with van der Waals surface area (Å²) in [7, 11) is 1.46. The Morgan fingerprint density at radius 3 is 2.05 bits per heavy atom. The summed E-state index contributed by atoms with van der Waals surface area (Å²) in [6.45, 7) is 7.25. The molecule has 7 rings (SSSR count). The van der Waals surface area contributed by atoms with E-state index in [0.29, 0.717) is 16.7 Å². The van der Waals surface area contributed by atoms with Gasteiger partial charge >= 0.3 is 11.9 Å². The van der Waals surface area contributed by atoms with E-state index in [-0.39, 0.29) is 30.7 Å². The van der Waals surface area contributed by atoms with Crippen LogP contribution < -0.4 is 5.32 Å². The molecule has 3 heterocycles. The van der Waals surface area contributed by atoms with Crippen LogP contribution in [0, 0.1) is 16.7 Å². The highest BCUT2D eigenvalue weighted by molar-refractivity contribution is 5.96. The van der Waals surface area contributed by atoms with Gasteiger partial charge in [-0.1, -0.05) is 86.2 Å². The van der Waals surface area contributed by atoms with Crippen molar-refractivity contribution in [2.24, 2.45) is 16.7 Å². The maximum Gasteiger partial charge on any atom is 0.338 e. The Kier molecular flexibility index (Phi) is 10.9. The lowest BCUT2D eigenvalue weighted by molar-refractivity contribution is -0.356. The molecule has 2 unspecified atom stereocenters. The first kappa shape index (κ1) is 41.9. The van der Waals surface area contributed by atoms with E-state index < -0.39 is 94.2 Å². The lowest BCUT2D eigenvalue weighted by Gasteiger charge is -2.63. The van der Waals surface area contributed by atoms with Gasteiger partial charge in [0.05, 0.1) is 35.6 Å². The van der Waals surface area contributed by atoms with E-state index in [1.54, 1.807) is 99.6 Å². The predicted molar refractivity (Wildman–Crippen MR) is 210 cm³/mol. The lowest BCUT2D eigenvalue weighted by Crippen LogP contribution is -2.79. The fourth-order valence-corrected chi connectivity index (χ4v) is 9.79. The molecule has 4 fully saturated rings. The number of Topliss-reactive ketones (excluding diaryl/α,β-unsaturated/α-hetero) is 1. The number of ketones is 1. The fourth-order valence-electron chi connectivity index (χ4n) is 9.79. The zero-order valence-corrected chi connectivity index (χ0v) is 33.8. The van der Waals surface area contributed by atoms with E-state index in [0.717, 1.165) is 0 Å². The van der Waals surface area contributed by atoms with E-state index in [4.69, 9.17) is 18.9 Å². The average molecular weight is 811 g/mol. The highest BCUT2D eigenvalue weighted by Gasteiger charge is 2.80. The first-order chi connectivity index (χ1) is 27.9. The molecule has 1 aliphatic carbocycles. The van der Waals surface area contributed by atoms with Crippen molar-refractivity contribution in [1.82, 2.24) is 10.2 Å². The number of nitrogens with zero attached hydrogens (tertiary/aromatic N) is 1. The monoisotopic (exact) mass is 810 g/mol. The van der Waals surface area contributed by atoms with Crippen LogP contribution >= 0.6 is 0 Å². The van der Waals surface area contributed by atoms with Crippen LogP contribution in [-0.4, -0.2) is 112 Å². The van der Waals surface area contributed by atoms with Gasteiger partial charge in [-0.05, 0) is 49.2 Å². The van der Waals surface area contributed by atoms with Gasteiger partial charge < -0.3 is 44.5 Å². The van der Waals surface area contributed by atoms with Gasteiger partial charge in [-0.3, -0.25) is 19.2 Å². The number of rotatable bonds is 10. The number of fused-ring (bicyclic) bond motifs is 5. The van der Waals surface area contributed by atoms with Crippen molar-refractivity contribution in [3.63, 3.8) is 0 Å². The second-order valence-corrected chi connectivity index (χ2v) is 16.8. The van der Waals surface area contributed by atoms with E-state index in [1.165, 1.54) is 37.9 Å². The summed E-state index contributed by atoms with van der Waals surface area (Å²) in [4.78, 5) is 70.5. The number of hydrogen-bond donors (Lipinski definition) is 4. The van der Waals surface area contributed by atoms with Crippen LogP contribution in [0.5, 0.6) is 0 Å². The van der Waals surface area contributed by atoms with Crippen molar-refractivity contribution >= 4 is 29.5 Å². The zero-order chi connectivity index (χ0) is 42.7. The molecular weight excluding hydrogens is 760 g/mol. The smallest absolute Gasteiger partial charge is 0.338 e. The van der Waals surface area contributed by atoms with Gasteiger partial charge in [0.1, 0.15) is 12.2 Å². The molecule has 2 bridgehead atoms. The van der Waals surface area contributed by atoms with Crippen LogP contribution in [0.1, 0.15) is 73.4 Å². The minimum Gasteiger partial charge on any atom is -0.453 e. The Hall–Kier alpha value is -5.25. The van der Waals surface area contributed by atoms with E-state index in [2.05, 4.69) is 5.32 Å². The Morgan fingerprint density at radius 1 is 0.915 bits per heavy atom. The Bertz CT molecular complexity index is 2160. The molecule has 3 aliphatic heterocycles. The number of likely N-dealkylation sites (N-methyl/N-ethyl adjacent to an activating group) is 1. The first-order valence-corrected chi connectivity index (χ1v) is 19.6. The van der Waals surface area contributed by atoms with Gasteiger partial charge in [-0.2, -0.15) is 0 Å². The van der Waals surface area contributed by atoms with Crippen molar-refractivity contribution < 1.29 is 58.2 Å². The molecule has 3 aromatic carbocycles. The number of carbonyl (C=O) groups is 5. The van der Waals surface area contributed by atoms with Crippen LogP contribution in [-0.2, 0) is 33.3 Å². The van der Waals surface area contributed by atoms with Crippen molar-refractivity contribution in [1.29, 1.82) is 0 Å². The largest absolute Gasteiger partial charge is 0.453 e. The third-order valence-electron chi connectivity index (χ3n) is 12.9.